The van der Waals surface area contributed by atoms with Gasteiger partial charge in [0.2, 0.25) is 0 Å². The predicted octanol–water partition coefficient (Wildman–Crippen LogP) is 7.55. The number of hydrogen-bond donors (Lipinski definition) is 1. The van der Waals surface area contributed by atoms with Crippen molar-refractivity contribution in [3.05, 3.63) is 0 Å². The van der Waals surface area contributed by atoms with E-state index in [0.29, 0.717) is 11.3 Å². The van der Waals surface area contributed by atoms with E-state index >= 15 is 0 Å². The molecule has 1 unspecified atom stereocenters. The molecule has 0 radical (unpaired) electrons. The Morgan fingerprint density at radius 3 is 2.12 bits per heavy atom. The second-order valence-corrected chi connectivity index (χ2v) is 9.15. The van der Waals surface area contributed by atoms with Gasteiger partial charge >= 0.3 is 0 Å². The lowest BCUT2D eigenvalue weighted by molar-refractivity contribution is 0.0600. The molecule has 1 rings (SSSR count). The number of hydrogen-bond acceptors (Lipinski definition) is 1. The Labute approximate surface area is 164 Å². The van der Waals surface area contributed by atoms with Gasteiger partial charge in [-0.25, -0.2) is 0 Å². The van der Waals surface area contributed by atoms with Crippen molar-refractivity contribution in [1.29, 1.82) is 0 Å². The molecule has 1 nitrogen and oxygen atoms in total. The molecular formula is C24H48FN. The highest BCUT2D eigenvalue weighted by Gasteiger charge is 2.38. The third-order valence-electron chi connectivity index (χ3n) is 7.34. The number of nitrogens with one attached hydrogen (secondary N) is 1. The quantitative estimate of drug-likeness (QED) is 0.294. The van der Waals surface area contributed by atoms with Crippen molar-refractivity contribution in [2.75, 3.05) is 20.3 Å². The van der Waals surface area contributed by atoms with Crippen molar-refractivity contribution in [3.63, 3.8) is 0 Å². The van der Waals surface area contributed by atoms with E-state index < -0.39 is 0 Å². The van der Waals surface area contributed by atoms with Crippen LogP contribution in [0.3, 0.4) is 0 Å². The van der Waals surface area contributed by atoms with Crippen LogP contribution >= 0.6 is 0 Å². The highest BCUT2D eigenvalue weighted by Crippen LogP contribution is 2.50. The minimum Gasteiger partial charge on any atom is -0.320 e. The Bertz CT molecular complexity index is 312. The lowest BCUT2D eigenvalue weighted by atomic mass is 9.60. The van der Waals surface area contributed by atoms with Crippen molar-refractivity contribution in [2.24, 2.45) is 23.2 Å². The molecule has 0 spiro atoms. The molecule has 1 saturated carbocycles. The van der Waals surface area contributed by atoms with Gasteiger partial charge in [0.25, 0.3) is 0 Å². The van der Waals surface area contributed by atoms with Crippen LogP contribution < -0.4 is 5.32 Å². The minimum absolute atomic E-state index is 0.116. The van der Waals surface area contributed by atoms with Crippen LogP contribution in [-0.2, 0) is 0 Å². The predicted molar refractivity (Wildman–Crippen MR) is 114 cm³/mol. The molecule has 2 heteroatoms. The summed E-state index contributed by atoms with van der Waals surface area (Å²) >= 11 is 0. The normalized spacial score (nSPS) is 22.5. The summed E-state index contributed by atoms with van der Waals surface area (Å²) in [4.78, 5) is 0. The lowest BCUT2D eigenvalue weighted by Crippen LogP contribution is -2.34. The first kappa shape index (κ1) is 23.9. The highest BCUT2D eigenvalue weighted by molar-refractivity contribution is 4.89. The van der Waals surface area contributed by atoms with Gasteiger partial charge in [0.1, 0.15) is 0 Å². The van der Waals surface area contributed by atoms with E-state index in [2.05, 4.69) is 33.1 Å². The molecule has 0 bridgehead atoms. The fraction of sp³-hybridized carbons (Fsp3) is 1.00. The van der Waals surface area contributed by atoms with Gasteiger partial charge in [-0.1, -0.05) is 65.7 Å². The molecule has 26 heavy (non-hydrogen) atoms. The molecule has 0 aliphatic heterocycles. The molecular weight excluding hydrogens is 321 g/mol. The van der Waals surface area contributed by atoms with Crippen molar-refractivity contribution in [3.8, 4) is 0 Å². The summed E-state index contributed by atoms with van der Waals surface area (Å²) in [5.41, 5.74) is 0.604. The second kappa shape index (κ2) is 14.0. The van der Waals surface area contributed by atoms with Crippen molar-refractivity contribution < 1.29 is 4.39 Å². The summed E-state index contributed by atoms with van der Waals surface area (Å²) in [6, 6.07) is 0. The van der Waals surface area contributed by atoms with Crippen LogP contribution in [0.1, 0.15) is 111 Å². The van der Waals surface area contributed by atoms with Crippen molar-refractivity contribution in [1.82, 2.24) is 5.32 Å². The van der Waals surface area contributed by atoms with Gasteiger partial charge in [-0.15, -0.1) is 0 Å². The lowest BCUT2D eigenvalue weighted by Gasteiger charge is -2.45. The largest absolute Gasteiger partial charge is 0.320 e. The molecule has 1 atom stereocenters. The van der Waals surface area contributed by atoms with Crippen LogP contribution in [0.2, 0.25) is 0 Å². The van der Waals surface area contributed by atoms with Gasteiger partial charge in [-0.3, -0.25) is 4.39 Å². The van der Waals surface area contributed by atoms with E-state index in [1.54, 1.807) is 0 Å². The SMILES string of the molecule is CCCC(CCC)(CCCCNC)C1CCC(CCC(CC)CF)CC1. The van der Waals surface area contributed by atoms with Gasteiger partial charge in [0.05, 0.1) is 6.67 Å². The van der Waals surface area contributed by atoms with Crippen molar-refractivity contribution >= 4 is 0 Å². The Balaban J connectivity index is 2.57. The zero-order valence-electron chi connectivity index (χ0n) is 18.4. The monoisotopic (exact) mass is 369 g/mol. The van der Waals surface area contributed by atoms with Crippen LogP contribution in [0, 0.1) is 23.2 Å². The molecule has 1 aliphatic rings. The van der Waals surface area contributed by atoms with E-state index in [9.17, 15) is 4.39 Å². The maximum Gasteiger partial charge on any atom is 0.0922 e. The molecule has 0 heterocycles. The van der Waals surface area contributed by atoms with Crippen LogP contribution in [0.5, 0.6) is 0 Å². The topological polar surface area (TPSA) is 12.0 Å². The van der Waals surface area contributed by atoms with E-state index in [0.717, 1.165) is 31.2 Å². The Kier molecular flexibility index (Phi) is 12.9. The first-order valence-electron chi connectivity index (χ1n) is 11.9. The fourth-order valence-corrected chi connectivity index (χ4v) is 5.69. The molecule has 1 N–H and O–H groups in total. The smallest absolute Gasteiger partial charge is 0.0922 e. The van der Waals surface area contributed by atoms with Gasteiger partial charge in [0, 0.05) is 0 Å². The average Bonchev–Trinajstić information content (AvgIpc) is 2.67. The van der Waals surface area contributed by atoms with Gasteiger partial charge in [0.15, 0.2) is 0 Å². The zero-order chi connectivity index (χ0) is 19.3. The number of unbranched alkanes of at least 4 members (excludes halogenated alkanes) is 1. The van der Waals surface area contributed by atoms with Gasteiger partial charge in [-0.05, 0) is 81.7 Å². The third-order valence-corrected chi connectivity index (χ3v) is 7.34. The fourth-order valence-electron chi connectivity index (χ4n) is 5.69. The van der Waals surface area contributed by atoms with Crippen molar-refractivity contribution in [2.45, 2.75) is 111 Å². The first-order chi connectivity index (χ1) is 12.7. The molecule has 0 aromatic carbocycles. The molecule has 0 amide bonds. The summed E-state index contributed by atoms with van der Waals surface area (Å²) in [6.45, 7) is 7.94. The maximum absolute atomic E-state index is 13.0. The summed E-state index contributed by atoms with van der Waals surface area (Å²) in [6.07, 6.45) is 18.7. The highest BCUT2D eigenvalue weighted by atomic mass is 19.1. The molecule has 1 fully saturated rings. The minimum atomic E-state index is -0.116. The molecule has 1 aliphatic carbocycles. The Morgan fingerprint density at radius 1 is 0.962 bits per heavy atom. The van der Waals surface area contributed by atoms with Crippen LogP contribution in [0.4, 0.5) is 4.39 Å². The van der Waals surface area contributed by atoms with E-state index in [-0.39, 0.29) is 6.67 Å². The summed E-state index contributed by atoms with van der Waals surface area (Å²) in [7, 11) is 2.07. The van der Waals surface area contributed by atoms with Gasteiger partial charge in [-0.2, -0.15) is 0 Å². The van der Waals surface area contributed by atoms with E-state index in [1.807, 2.05) is 0 Å². The number of halogens is 1. The van der Waals surface area contributed by atoms with Crippen LogP contribution in [0.15, 0.2) is 0 Å². The molecule has 156 valence electrons. The number of rotatable bonds is 15. The molecule has 0 aromatic rings. The molecule has 0 saturated heterocycles. The standard InChI is InChI=1S/C24H48FN/c1-5-16-24(17-6-2,18-8-9-19-26-4)23-14-12-22(13-15-23)11-10-21(7-3)20-25/h21-23,26H,5-20H2,1-4H3. The summed E-state index contributed by atoms with van der Waals surface area (Å²) in [5, 5.41) is 3.31. The van der Waals surface area contributed by atoms with E-state index in [1.165, 1.54) is 77.0 Å². The summed E-state index contributed by atoms with van der Waals surface area (Å²) in [5.74, 6) is 2.13. The Morgan fingerprint density at radius 2 is 1.62 bits per heavy atom. The van der Waals surface area contributed by atoms with Crippen LogP contribution in [0.25, 0.3) is 0 Å². The number of alkyl halides is 1. The summed E-state index contributed by atoms with van der Waals surface area (Å²) < 4.78 is 13.0. The van der Waals surface area contributed by atoms with Crippen LogP contribution in [-0.4, -0.2) is 20.3 Å². The second-order valence-electron chi connectivity index (χ2n) is 9.15. The average molecular weight is 370 g/mol. The van der Waals surface area contributed by atoms with E-state index in [4.69, 9.17) is 0 Å². The maximum atomic E-state index is 13.0. The Hall–Kier alpha value is -0.110. The first-order valence-corrected chi connectivity index (χ1v) is 11.9. The molecule has 0 aromatic heterocycles. The van der Waals surface area contributed by atoms with Gasteiger partial charge < -0.3 is 5.32 Å². The third kappa shape index (κ3) is 7.87. The zero-order valence-corrected chi connectivity index (χ0v) is 18.4.